The highest BCUT2D eigenvalue weighted by molar-refractivity contribution is 5.99. The summed E-state index contributed by atoms with van der Waals surface area (Å²) in [4.78, 5) is 13.2. The number of hydrogen-bond acceptors (Lipinski definition) is 2. The topological polar surface area (TPSA) is 38.3 Å². The van der Waals surface area contributed by atoms with Gasteiger partial charge in [-0.2, -0.15) is 0 Å². The molecule has 0 radical (unpaired) electrons. The zero-order valence-electron chi connectivity index (χ0n) is 13.8. The number of nitrogens with one attached hydrogen (secondary N) is 1. The lowest BCUT2D eigenvalue weighted by Gasteiger charge is -2.36. The maximum atomic E-state index is 13.2. The zero-order chi connectivity index (χ0) is 16.3. The third-order valence-corrected chi connectivity index (χ3v) is 4.74. The molecule has 1 heterocycles. The van der Waals surface area contributed by atoms with E-state index in [1.165, 1.54) is 5.56 Å². The molecule has 120 valence electrons. The third-order valence-electron chi connectivity index (χ3n) is 4.74. The van der Waals surface area contributed by atoms with Crippen molar-refractivity contribution in [2.75, 3.05) is 18.5 Å². The van der Waals surface area contributed by atoms with Crippen molar-refractivity contribution in [3.63, 3.8) is 0 Å². The zero-order valence-corrected chi connectivity index (χ0v) is 13.8. The number of carbonyl (C=O) groups excluding carboxylic acids is 1. The minimum atomic E-state index is -0.503. The average Bonchev–Trinajstić information content (AvgIpc) is 2.58. The van der Waals surface area contributed by atoms with Gasteiger partial charge in [-0.1, -0.05) is 48.0 Å². The van der Waals surface area contributed by atoms with Gasteiger partial charge in [-0.15, -0.1) is 0 Å². The lowest BCUT2D eigenvalue weighted by molar-refractivity contribution is -0.125. The van der Waals surface area contributed by atoms with E-state index < -0.39 is 5.41 Å². The maximum Gasteiger partial charge on any atom is 0.235 e. The van der Waals surface area contributed by atoms with E-state index in [1.54, 1.807) is 0 Å². The van der Waals surface area contributed by atoms with Gasteiger partial charge in [0.1, 0.15) is 0 Å². The van der Waals surface area contributed by atoms with Crippen LogP contribution in [0, 0.1) is 13.8 Å². The van der Waals surface area contributed by atoms with E-state index in [2.05, 4.69) is 18.3 Å². The van der Waals surface area contributed by atoms with Crippen LogP contribution >= 0.6 is 0 Å². The summed E-state index contributed by atoms with van der Waals surface area (Å²) in [5.41, 5.74) is 3.75. The Kier molecular flexibility index (Phi) is 4.49. The molecule has 3 heteroatoms. The predicted molar refractivity (Wildman–Crippen MR) is 92.7 cm³/mol. The SMILES string of the molecule is Cc1ccc(NC(=O)C2(c3ccccc3)CCOCC2)c(C)c1. The van der Waals surface area contributed by atoms with Crippen molar-refractivity contribution >= 4 is 11.6 Å². The van der Waals surface area contributed by atoms with E-state index in [4.69, 9.17) is 4.74 Å². The van der Waals surface area contributed by atoms with Crippen molar-refractivity contribution in [1.82, 2.24) is 0 Å². The highest BCUT2D eigenvalue weighted by Gasteiger charge is 2.41. The Morgan fingerprint density at radius 1 is 1.04 bits per heavy atom. The van der Waals surface area contributed by atoms with Crippen LogP contribution in [-0.4, -0.2) is 19.1 Å². The van der Waals surface area contributed by atoms with Crippen molar-refractivity contribution in [3.05, 3.63) is 65.2 Å². The second-order valence-corrected chi connectivity index (χ2v) is 6.33. The molecule has 2 aromatic carbocycles. The van der Waals surface area contributed by atoms with Crippen LogP contribution in [-0.2, 0) is 14.9 Å². The van der Waals surface area contributed by atoms with E-state index in [-0.39, 0.29) is 5.91 Å². The first-order chi connectivity index (χ1) is 11.1. The molecule has 1 N–H and O–H groups in total. The first-order valence-corrected chi connectivity index (χ1v) is 8.14. The van der Waals surface area contributed by atoms with E-state index in [9.17, 15) is 4.79 Å². The van der Waals surface area contributed by atoms with Gasteiger partial charge in [0.25, 0.3) is 0 Å². The monoisotopic (exact) mass is 309 g/mol. The second kappa shape index (κ2) is 6.55. The molecule has 1 aliphatic rings. The molecule has 0 spiro atoms. The van der Waals surface area contributed by atoms with Crippen molar-refractivity contribution < 1.29 is 9.53 Å². The number of ether oxygens (including phenoxy) is 1. The minimum absolute atomic E-state index is 0.0685. The standard InChI is InChI=1S/C20H23NO2/c1-15-8-9-18(16(2)14-15)21-19(22)20(10-12-23-13-11-20)17-6-4-3-5-7-17/h3-9,14H,10-13H2,1-2H3,(H,21,22). The smallest absolute Gasteiger partial charge is 0.235 e. The van der Waals surface area contributed by atoms with Gasteiger partial charge in [-0.05, 0) is 43.9 Å². The maximum absolute atomic E-state index is 13.2. The van der Waals surface area contributed by atoms with Crippen molar-refractivity contribution in [2.45, 2.75) is 32.1 Å². The molecule has 0 bridgehead atoms. The predicted octanol–water partition coefficient (Wildman–Crippen LogP) is 3.99. The van der Waals surface area contributed by atoms with Crippen molar-refractivity contribution in [3.8, 4) is 0 Å². The number of aryl methyl sites for hydroxylation is 2. The largest absolute Gasteiger partial charge is 0.381 e. The lowest BCUT2D eigenvalue weighted by atomic mass is 9.73. The second-order valence-electron chi connectivity index (χ2n) is 6.33. The van der Waals surface area contributed by atoms with Crippen LogP contribution < -0.4 is 5.32 Å². The van der Waals surface area contributed by atoms with Crippen LogP contribution in [0.25, 0.3) is 0 Å². The van der Waals surface area contributed by atoms with E-state index in [0.717, 1.165) is 16.8 Å². The van der Waals surface area contributed by atoms with Crippen LogP contribution in [0.1, 0.15) is 29.5 Å². The number of hydrogen-bond donors (Lipinski definition) is 1. The summed E-state index contributed by atoms with van der Waals surface area (Å²) in [6.45, 7) is 5.33. The molecule has 3 rings (SSSR count). The Hall–Kier alpha value is -2.13. The molecule has 0 atom stereocenters. The summed E-state index contributed by atoms with van der Waals surface area (Å²) in [6.07, 6.45) is 1.43. The van der Waals surface area contributed by atoms with Gasteiger partial charge in [0.15, 0.2) is 0 Å². The summed E-state index contributed by atoms with van der Waals surface area (Å²) in [7, 11) is 0. The van der Waals surface area contributed by atoms with E-state index in [1.807, 2.05) is 49.4 Å². The summed E-state index contributed by atoms with van der Waals surface area (Å²) < 4.78 is 5.51. The number of anilines is 1. The molecule has 1 saturated heterocycles. The number of carbonyl (C=O) groups is 1. The van der Waals surface area contributed by atoms with Crippen LogP contribution in [0.5, 0.6) is 0 Å². The fourth-order valence-electron chi connectivity index (χ4n) is 3.32. The van der Waals surface area contributed by atoms with Gasteiger partial charge in [-0.3, -0.25) is 4.79 Å². The first kappa shape index (κ1) is 15.8. The van der Waals surface area contributed by atoms with Crippen molar-refractivity contribution in [2.24, 2.45) is 0 Å². The number of rotatable bonds is 3. The van der Waals surface area contributed by atoms with E-state index in [0.29, 0.717) is 26.1 Å². The molecule has 0 saturated carbocycles. The quantitative estimate of drug-likeness (QED) is 0.931. The lowest BCUT2D eigenvalue weighted by Crippen LogP contribution is -2.44. The Morgan fingerprint density at radius 3 is 2.39 bits per heavy atom. The van der Waals surface area contributed by atoms with Gasteiger partial charge >= 0.3 is 0 Å². The number of benzene rings is 2. The summed E-state index contributed by atoms with van der Waals surface area (Å²) in [5, 5.41) is 3.15. The normalized spacial score (nSPS) is 16.8. The molecule has 1 fully saturated rings. The molecule has 2 aromatic rings. The Morgan fingerprint density at radius 2 is 1.74 bits per heavy atom. The molecule has 3 nitrogen and oxygen atoms in total. The Labute approximate surface area is 137 Å². The molecule has 1 amide bonds. The Bertz CT molecular complexity index is 688. The van der Waals surface area contributed by atoms with Crippen LogP contribution in [0.4, 0.5) is 5.69 Å². The minimum Gasteiger partial charge on any atom is -0.381 e. The molecule has 0 aliphatic carbocycles. The fourth-order valence-corrected chi connectivity index (χ4v) is 3.32. The molecule has 0 unspecified atom stereocenters. The molecule has 23 heavy (non-hydrogen) atoms. The third kappa shape index (κ3) is 3.15. The molecular weight excluding hydrogens is 286 g/mol. The van der Waals surface area contributed by atoms with Crippen molar-refractivity contribution in [1.29, 1.82) is 0 Å². The van der Waals surface area contributed by atoms with Crippen LogP contribution in [0.2, 0.25) is 0 Å². The fraction of sp³-hybridized carbons (Fsp3) is 0.350. The average molecular weight is 309 g/mol. The highest BCUT2D eigenvalue weighted by atomic mass is 16.5. The highest BCUT2D eigenvalue weighted by Crippen LogP contribution is 2.36. The molecule has 1 aliphatic heterocycles. The summed E-state index contributed by atoms with van der Waals surface area (Å²) in [6, 6.07) is 16.2. The summed E-state index contributed by atoms with van der Waals surface area (Å²) in [5.74, 6) is 0.0685. The van der Waals surface area contributed by atoms with Gasteiger partial charge in [-0.25, -0.2) is 0 Å². The van der Waals surface area contributed by atoms with Gasteiger partial charge in [0, 0.05) is 18.9 Å². The summed E-state index contributed by atoms with van der Waals surface area (Å²) >= 11 is 0. The van der Waals surface area contributed by atoms with Gasteiger partial charge in [0.05, 0.1) is 5.41 Å². The van der Waals surface area contributed by atoms with Crippen LogP contribution in [0.15, 0.2) is 48.5 Å². The molecule has 0 aromatic heterocycles. The van der Waals surface area contributed by atoms with Gasteiger partial charge in [0.2, 0.25) is 5.91 Å². The Balaban J connectivity index is 1.92. The van der Waals surface area contributed by atoms with E-state index >= 15 is 0 Å². The van der Waals surface area contributed by atoms with Gasteiger partial charge < -0.3 is 10.1 Å². The van der Waals surface area contributed by atoms with Crippen LogP contribution in [0.3, 0.4) is 0 Å². The number of amides is 1. The first-order valence-electron chi connectivity index (χ1n) is 8.14. The molecular formula is C20H23NO2.